The molecule has 3 N–H and O–H groups in total. The Morgan fingerprint density at radius 1 is 0.852 bits per heavy atom. The first-order valence-corrected chi connectivity index (χ1v) is 8.36. The zero-order valence-electron chi connectivity index (χ0n) is 14.2. The lowest BCUT2D eigenvalue weighted by molar-refractivity contribution is -0.135. The predicted molar refractivity (Wildman–Crippen MR) is 98.5 cm³/mol. The summed E-state index contributed by atoms with van der Waals surface area (Å²) in [6.45, 7) is 0. The van der Waals surface area contributed by atoms with E-state index in [1.165, 1.54) is 12.1 Å². The maximum Gasteiger partial charge on any atom is 0.323 e. The first-order valence-electron chi connectivity index (χ1n) is 8.36. The Labute approximate surface area is 155 Å². The molecule has 0 atom stereocenters. The molecule has 0 bridgehead atoms. The Bertz CT molecular complexity index is 969. The largest absolute Gasteiger partial charge is 0.457 e. The number of para-hydroxylation sites is 2. The second-order valence-electron chi connectivity index (χ2n) is 6.03. The fraction of sp³-hybridized carbons (Fsp3) is 0.0476. The molecule has 1 amide bonds. The number of carbonyl (C=O) groups is 2. The monoisotopic (exact) mass is 360 g/mol. The zero-order chi connectivity index (χ0) is 18.8. The van der Waals surface area contributed by atoms with Crippen molar-refractivity contribution in [1.29, 1.82) is 0 Å². The van der Waals surface area contributed by atoms with Crippen molar-refractivity contribution in [2.24, 2.45) is 5.84 Å². The van der Waals surface area contributed by atoms with E-state index in [-0.39, 0.29) is 0 Å². The number of nitrogens with two attached hydrogens (primary N) is 1. The van der Waals surface area contributed by atoms with Crippen LogP contribution in [0.2, 0.25) is 0 Å². The number of carbonyl (C=O) groups excluding carboxylic acids is 2. The van der Waals surface area contributed by atoms with Gasteiger partial charge in [-0.1, -0.05) is 36.4 Å². The molecule has 0 unspecified atom stereocenters. The van der Waals surface area contributed by atoms with Gasteiger partial charge in [-0.3, -0.25) is 15.0 Å². The maximum absolute atomic E-state index is 13.0. The van der Waals surface area contributed by atoms with E-state index in [0.717, 1.165) is 11.1 Å². The minimum Gasteiger partial charge on any atom is -0.457 e. The van der Waals surface area contributed by atoms with E-state index in [9.17, 15) is 9.59 Å². The Kier molecular flexibility index (Phi) is 4.32. The highest BCUT2D eigenvalue weighted by atomic mass is 16.5. The molecular formula is C21H16N2O4. The predicted octanol–water partition coefficient (Wildman–Crippen LogP) is 3.13. The summed E-state index contributed by atoms with van der Waals surface area (Å²) in [6.07, 6.45) is 0. The van der Waals surface area contributed by atoms with Gasteiger partial charge in [-0.2, -0.15) is 0 Å². The van der Waals surface area contributed by atoms with Crippen molar-refractivity contribution in [2.75, 3.05) is 0 Å². The molecule has 0 saturated heterocycles. The number of ether oxygens (including phenoxy) is 2. The number of hydrazine groups is 1. The van der Waals surface area contributed by atoms with E-state index in [2.05, 4.69) is 5.43 Å². The van der Waals surface area contributed by atoms with E-state index in [0.29, 0.717) is 22.8 Å². The van der Waals surface area contributed by atoms with Crippen molar-refractivity contribution >= 4 is 11.9 Å². The Morgan fingerprint density at radius 2 is 1.41 bits per heavy atom. The normalized spacial score (nSPS) is 12.3. The molecule has 0 aliphatic carbocycles. The van der Waals surface area contributed by atoms with Crippen molar-refractivity contribution in [3.63, 3.8) is 0 Å². The smallest absolute Gasteiger partial charge is 0.323 e. The summed E-state index contributed by atoms with van der Waals surface area (Å²) in [6, 6.07) is 21.0. The number of hydrogen-bond acceptors (Lipinski definition) is 5. The third-order valence-electron chi connectivity index (χ3n) is 4.38. The average molecular weight is 360 g/mol. The molecule has 1 aliphatic heterocycles. The molecule has 6 heteroatoms. The van der Waals surface area contributed by atoms with Gasteiger partial charge in [-0.05, 0) is 36.4 Å². The highest BCUT2D eigenvalue weighted by molar-refractivity contribution is 5.94. The standard InChI is InChI=1S/C21H16N2O4/c22-23-20(24)13-9-11-14(12-10-13)26-21(25)19-15-5-1-3-7-17(15)27-18-8-4-2-6-16(18)19/h1-12,19H,22H2,(H,23,24). The average Bonchev–Trinajstić information content (AvgIpc) is 2.71. The first-order chi connectivity index (χ1) is 13.2. The molecule has 0 fully saturated rings. The summed E-state index contributed by atoms with van der Waals surface area (Å²) >= 11 is 0. The molecule has 27 heavy (non-hydrogen) atoms. The van der Waals surface area contributed by atoms with Crippen LogP contribution in [0.1, 0.15) is 27.4 Å². The zero-order valence-corrected chi connectivity index (χ0v) is 14.2. The lowest BCUT2D eigenvalue weighted by Gasteiger charge is -2.26. The molecule has 3 aromatic carbocycles. The van der Waals surface area contributed by atoms with Gasteiger partial charge in [0.15, 0.2) is 0 Å². The van der Waals surface area contributed by atoms with Crippen molar-refractivity contribution in [1.82, 2.24) is 5.43 Å². The molecule has 6 nitrogen and oxygen atoms in total. The van der Waals surface area contributed by atoms with Crippen molar-refractivity contribution in [3.05, 3.63) is 89.5 Å². The number of hydrogen-bond donors (Lipinski definition) is 2. The second-order valence-corrected chi connectivity index (χ2v) is 6.03. The molecule has 1 aliphatic rings. The van der Waals surface area contributed by atoms with Crippen LogP contribution in [0.15, 0.2) is 72.8 Å². The number of nitrogens with one attached hydrogen (secondary N) is 1. The van der Waals surface area contributed by atoms with Crippen LogP contribution in [0.5, 0.6) is 17.2 Å². The number of esters is 1. The minimum absolute atomic E-state index is 0.343. The molecule has 0 spiro atoms. The van der Waals surface area contributed by atoms with Crippen LogP contribution in [-0.2, 0) is 4.79 Å². The van der Waals surface area contributed by atoms with Gasteiger partial charge in [0.05, 0.1) is 0 Å². The third kappa shape index (κ3) is 3.14. The van der Waals surface area contributed by atoms with Crippen molar-refractivity contribution in [2.45, 2.75) is 5.92 Å². The fourth-order valence-corrected chi connectivity index (χ4v) is 3.10. The van der Waals surface area contributed by atoms with E-state index in [1.807, 2.05) is 48.5 Å². The molecule has 0 aromatic heterocycles. The topological polar surface area (TPSA) is 90.6 Å². The molecule has 134 valence electrons. The van der Waals surface area contributed by atoms with Crippen LogP contribution in [0.4, 0.5) is 0 Å². The van der Waals surface area contributed by atoms with Crippen LogP contribution in [-0.4, -0.2) is 11.9 Å². The number of fused-ring (bicyclic) bond motifs is 2. The number of nitrogen functional groups attached to an aromatic ring is 1. The number of rotatable bonds is 3. The van der Waals surface area contributed by atoms with Gasteiger partial charge in [0.1, 0.15) is 23.2 Å². The molecule has 1 heterocycles. The summed E-state index contributed by atoms with van der Waals surface area (Å²) in [4.78, 5) is 24.5. The second kappa shape index (κ2) is 6.93. The first kappa shape index (κ1) is 16.8. The highest BCUT2D eigenvalue weighted by Gasteiger charge is 2.33. The molecule has 4 rings (SSSR count). The molecule has 0 radical (unpaired) electrons. The lowest BCUT2D eigenvalue weighted by atomic mass is 9.88. The Hall–Kier alpha value is -3.64. The highest BCUT2D eigenvalue weighted by Crippen LogP contribution is 2.44. The Balaban J connectivity index is 1.65. The van der Waals surface area contributed by atoms with Gasteiger partial charge in [0, 0.05) is 16.7 Å². The Morgan fingerprint density at radius 3 is 1.96 bits per heavy atom. The summed E-state index contributed by atoms with van der Waals surface area (Å²) in [5.74, 6) is 5.28. The van der Waals surface area contributed by atoms with Gasteiger partial charge in [0.25, 0.3) is 5.91 Å². The van der Waals surface area contributed by atoms with Gasteiger partial charge >= 0.3 is 5.97 Å². The number of amides is 1. The van der Waals surface area contributed by atoms with E-state index >= 15 is 0 Å². The van der Waals surface area contributed by atoms with Crippen LogP contribution in [0.3, 0.4) is 0 Å². The van der Waals surface area contributed by atoms with Crippen LogP contribution in [0.25, 0.3) is 0 Å². The lowest BCUT2D eigenvalue weighted by Crippen LogP contribution is -2.29. The summed E-state index contributed by atoms with van der Waals surface area (Å²) in [5, 5.41) is 0. The van der Waals surface area contributed by atoms with Crippen molar-refractivity contribution < 1.29 is 19.1 Å². The van der Waals surface area contributed by atoms with E-state index in [1.54, 1.807) is 12.1 Å². The maximum atomic E-state index is 13.0. The van der Waals surface area contributed by atoms with Gasteiger partial charge in [-0.25, -0.2) is 5.84 Å². The third-order valence-corrected chi connectivity index (χ3v) is 4.38. The minimum atomic E-state index is -0.599. The van der Waals surface area contributed by atoms with Gasteiger partial charge in [-0.15, -0.1) is 0 Å². The summed E-state index contributed by atoms with van der Waals surface area (Å²) in [5.41, 5.74) is 3.93. The summed E-state index contributed by atoms with van der Waals surface area (Å²) < 4.78 is 11.5. The fourth-order valence-electron chi connectivity index (χ4n) is 3.10. The van der Waals surface area contributed by atoms with Crippen molar-refractivity contribution in [3.8, 4) is 17.2 Å². The van der Waals surface area contributed by atoms with Crippen LogP contribution < -0.4 is 20.7 Å². The molecular weight excluding hydrogens is 344 g/mol. The molecule has 0 saturated carbocycles. The molecule has 3 aromatic rings. The SMILES string of the molecule is NNC(=O)c1ccc(OC(=O)C2c3ccccc3Oc3ccccc32)cc1. The van der Waals surface area contributed by atoms with Crippen LogP contribution >= 0.6 is 0 Å². The van der Waals surface area contributed by atoms with Crippen LogP contribution in [0, 0.1) is 0 Å². The quantitative estimate of drug-likeness (QED) is 0.246. The van der Waals surface area contributed by atoms with Gasteiger partial charge in [0.2, 0.25) is 0 Å². The van der Waals surface area contributed by atoms with Gasteiger partial charge < -0.3 is 9.47 Å². The van der Waals surface area contributed by atoms with E-state index < -0.39 is 17.8 Å². The number of benzene rings is 3. The summed E-state index contributed by atoms with van der Waals surface area (Å²) in [7, 11) is 0. The van der Waals surface area contributed by atoms with E-state index in [4.69, 9.17) is 15.3 Å².